The van der Waals surface area contributed by atoms with E-state index in [2.05, 4.69) is 71.1 Å². The molecule has 1 aliphatic heterocycles. The maximum absolute atomic E-state index is 12.0. The first-order valence-electron chi connectivity index (χ1n) is 14.6. The summed E-state index contributed by atoms with van der Waals surface area (Å²) in [5.41, 5.74) is 5.86. The number of rotatable bonds is 10. The van der Waals surface area contributed by atoms with Gasteiger partial charge in [0.25, 0.3) is 0 Å². The van der Waals surface area contributed by atoms with Gasteiger partial charge in [-0.2, -0.15) is 5.10 Å². The molecule has 222 valence electrons. The van der Waals surface area contributed by atoms with Gasteiger partial charge in [-0.15, -0.1) is 0 Å². The van der Waals surface area contributed by atoms with Crippen molar-refractivity contribution in [3.63, 3.8) is 0 Å². The van der Waals surface area contributed by atoms with E-state index in [9.17, 15) is 9.90 Å². The number of fused-ring (bicyclic) bond motifs is 1. The number of carboxylic acids is 1. The van der Waals surface area contributed by atoms with E-state index in [0.717, 1.165) is 59.0 Å². The van der Waals surface area contributed by atoms with Crippen LogP contribution in [0, 0.1) is 0 Å². The molecule has 4 rings (SSSR count). The van der Waals surface area contributed by atoms with E-state index >= 15 is 0 Å². The molecule has 8 heteroatoms. The maximum atomic E-state index is 12.0. The van der Waals surface area contributed by atoms with E-state index < -0.39 is 5.97 Å². The standard InChI is InChI=1S/C33H46N4O4/c1-32(2,3)26-17-23(18-27(30(26)40-8)33(4,5)6)22(19-29(38)39)16-25-20-28(37(7)36-25)41-15-13-24-12-11-21-10-9-14-34-31(21)35-24/h11-12,17-18,20,22H,9-10,13-16,19H2,1-8H3,(H,34,35)(H,38,39). The normalized spacial score (nSPS) is 14.2. The van der Waals surface area contributed by atoms with Crippen LogP contribution in [0.3, 0.4) is 0 Å². The first-order valence-corrected chi connectivity index (χ1v) is 14.6. The van der Waals surface area contributed by atoms with Crippen molar-refractivity contribution < 1.29 is 19.4 Å². The largest absolute Gasteiger partial charge is 0.496 e. The number of anilines is 1. The lowest BCUT2D eigenvalue weighted by molar-refractivity contribution is -0.137. The molecule has 0 saturated carbocycles. The maximum Gasteiger partial charge on any atom is 0.303 e. The summed E-state index contributed by atoms with van der Waals surface area (Å²) in [6.07, 6.45) is 3.39. The molecule has 0 bridgehead atoms. The van der Waals surface area contributed by atoms with Crippen LogP contribution in [0.5, 0.6) is 11.6 Å². The monoisotopic (exact) mass is 562 g/mol. The number of nitrogens with zero attached hydrogens (tertiary/aromatic N) is 3. The van der Waals surface area contributed by atoms with Crippen LogP contribution in [0.2, 0.25) is 0 Å². The number of benzene rings is 1. The lowest BCUT2D eigenvalue weighted by Gasteiger charge is -2.31. The topological polar surface area (TPSA) is 98.5 Å². The smallest absolute Gasteiger partial charge is 0.303 e. The Kier molecular flexibility index (Phi) is 9.00. The summed E-state index contributed by atoms with van der Waals surface area (Å²) in [7, 11) is 3.57. The van der Waals surface area contributed by atoms with Crippen molar-refractivity contribution in [2.45, 2.75) is 90.4 Å². The van der Waals surface area contributed by atoms with E-state index in [0.29, 0.717) is 25.3 Å². The molecule has 1 atom stereocenters. The summed E-state index contributed by atoms with van der Waals surface area (Å²) in [6.45, 7) is 14.4. The number of nitrogens with one attached hydrogen (secondary N) is 1. The highest BCUT2D eigenvalue weighted by molar-refractivity contribution is 5.68. The average Bonchev–Trinajstić information content (AvgIpc) is 3.24. The Morgan fingerprint density at radius 1 is 1.07 bits per heavy atom. The molecule has 41 heavy (non-hydrogen) atoms. The second-order valence-corrected chi connectivity index (χ2v) is 13.2. The minimum Gasteiger partial charge on any atom is -0.496 e. The van der Waals surface area contributed by atoms with Crippen molar-refractivity contribution in [1.29, 1.82) is 0 Å². The summed E-state index contributed by atoms with van der Waals surface area (Å²) >= 11 is 0. The van der Waals surface area contributed by atoms with Crippen LogP contribution < -0.4 is 14.8 Å². The number of ether oxygens (including phenoxy) is 2. The third kappa shape index (κ3) is 7.40. The summed E-state index contributed by atoms with van der Waals surface area (Å²) in [5.74, 6) is 1.44. The number of hydrogen-bond acceptors (Lipinski definition) is 6. The third-order valence-electron chi connectivity index (χ3n) is 7.73. The zero-order chi connectivity index (χ0) is 29.9. The van der Waals surface area contributed by atoms with Gasteiger partial charge in [0.15, 0.2) is 0 Å². The minimum absolute atomic E-state index is 0.00426. The quantitative estimate of drug-likeness (QED) is 0.304. The fourth-order valence-electron chi connectivity index (χ4n) is 5.50. The zero-order valence-electron chi connectivity index (χ0n) is 25.9. The molecule has 2 aromatic heterocycles. The fourth-order valence-corrected chi connectivity index (χ4v) is 5.50. The highest BCUT2D eigenvalue weighted by Crippen LogP contribution is 2.42. The highest BCUT2D eigenvalue weighted by Gasteiger charge is 2.30. The molecule has 0 radical (unpaired) electrons. The lowest BCUT2D eigenvalue weighted by atomic mass is 9.76. The molecule has 1 aromatic carbocycles. The number of hydrogen-bond donors (Lipinski definition) is 2. The van der Waals surface area contributed by atoms with Gasteiger partial charge >= 0.3 is 5.97 Å². The van der Waals surface area contributed by atoms with Gasteiger partial charge in [0, 0.05) is 42.9 Å². The molecule has 0 saturated heterocycles. The van der Waals surface area contributed by atoms with Gasteiger partial charge in [0.05, 0.1) is 25.8 Å². The van der Waals surface area contributed by atoms with Crippen molar-refractivity contribution >= 4 is 11.8 Å². The summed E-state index contributed by atoms with van der Waals surface area (Å²) < 4.78 is 13.7. The SMILES string of the molecule is COc1c(C(C)(C)C)cc(C(CC(=O)O)Cc2cc(OCCc3ccc4c(n3)NCCC4)n(C)n2)cc1C(C)(C)C. The molecular weight excluding hydrogens is 516 g/mol. The molecule has 8 nitrogen and oxygen atoms in total. The number of aryl methyl sites for hydroxylation is 2. The van der Waals surface area contributed by atoms with Crippen LogP contribution in [0.4, 0.5) is 5.82 Å². The third-order valence-corrected chi connectivity index (χ3v) is 7.73. The highest BCUT2D eigenvalue weighted by atomic mass is 16.5. The molecule has 0 amide bonds. The first kappa shape index (κ1) is 30.4. The Morgan fingerprint density at radius 3 is 2.37 bits per heavy atom. The van der Waals surface area contributed by atoms with Crippen LogP contribution in [-0.4, -0.2) is 46.1 Å². The van der Waals surface area contributed by atoms with Crippen LogP contribution in [0.25, 0.3) is 0 Å². The summed E-state index contributed by atoms with van der Waals surface area (Å²) in [6, 6.07) is 10.4. The van der Waals surface area contributed by atoms with Crippen LogP contribution in [0.15, 0.2) is 30.3 Å². The summed E-state index contributed by atoms with van der Waals surface area (Å²) in [4.78, 5) is 16.8. The van der Waals surface area contributed by atoms with Crippen molar-refractivity contribution in [3.8, 4) is 11.6 Å². The van der Waals surface area contributed by atoms with Gasteiger partial charge in [0.2, 0.25) is 5.88 Å². The number of methoxy groups -OCH3 is 1. The number of aliphatic carboxylic acids is 1. The average molecular weight is 563 g/mol. The van der Waals surface area contributed by atoms with Gasteiger partial charge in [-0.05, 0) is 53.2 Å². The second kappa shape index (κ2) is 12.1. The predicted molar refractivity (Wildman–Crippen MR) is 163 cm³/mol. The number of aromatic nitrogens is 3. The van der Waals surface area contributed by atoms with E-state index in [4.69, 9.17) is 19.6 Å². The van der Waals surface area contributed by atoms with E-state index in [1.807, 2.05) is 13.1 Å². The minimum atomic E-state index is -0.833. The number of pyridine rings is 1. The Bertz CT molecular complexity index is 1350. The molecule has 3 heterocycles. The molecule has 2 N–H and O–H groups in total. The van der Waals surface area contributed by atoms with Crippen molar-refractivity contribution in [1.82, 2.24) is 14.8 Å². The molecule has 0 aliphatic carbocycles. The van der Waals surface area contributed by atoms with E-state index in [1.165, 1.54) is 5.56 Å². The van der Waals surface area contributed by atoms with Crippen molar-refractivity contribution in [3.05, 3.63) is 64.0 Å². The zero-order valence-corrected chi connectivity index (χ0v) is 25.9. The van der Waals surface area contributed by atoms with E-state index in [-0.39, 0.29) is 23.2 Å². The molecule has 0 fully saturated rings. The molecule has 0 spiro atoms. The second-order valence-electron chi connectivity index (χ2n) is 13.2. The van der Waals surface area contributed by atoms with Crippen LogP contribution >= 0.6 is 0 Å². The Balaban J connectivity index is 1.55. The molecule has 1 aliphatic rings. The van der Waals surface area contributed by atoms with Crippen molar-refractivity contribution in [2.24, 2.45) is 7.05 Å². The summed E-state index contributed by atoms with van der Waals surface area (Å²) in [5, 5.41) is 17.9. The number of carbonyl (C=O) groups is 1. The Hall–Kier alpha value is -3.55. The number of carboxylic acid groups (broad SMARTS) is 1. The van der Waals surface area contributed by atoms with Crippen LogP contribution in [0.1, 0.15) is 93.9 Å². The van der Waals surface area contributed by atoms with E-state index in [1.54, 1.807) is 11.8 Å². The first-order chi connectivity index (χ1) is 19.3. The Morgan fingerprint density at radius 2 is 1.76 bits per heavy atom. The van der Waals surface area contributed by atoms with Gasteiger partial charge in [-0.3, -0.25) is 4.79 Å². The molecule has 3 aromatic rings. The Labute approximate surface area is 244 Å². The molecular formula is C33H46N4O4. The lowest BCUT2D eigenvalue weighted by Crippen LogP contribution is -2.21. The van der Waals surface area contributed by atoms with Gasteiger partial charge < -0.3 is 19.9 Å². The van der Waals surface area contributed by atoms with Crippen LogP contribution in [-0.2, 0) is 41.9 Å². The van der Waals surface area contributed by atoms with Crippen molar-refractivity contribution in [2.75, 3.05) is 25.6 Å². The van der Waals surface area contributed by atoms with Gasteiger partial charge in [0.1, 0.15) is 11.6 Å². The molecule has 1 unspecified atom stereocenters. The van der Waals surface area contributed by atoms with Gasteiger partial charge in [-0.1, -0.05) is 59.7 Å². The van der Waals surface area contributed by atoms with Gasteiger partial charge in [-0.25, -0.2) is 9.67 Å². The fraction of sp³-hybridized carbons (Fsp3) is 0.545. The predicted octanol–water partition coefficient (Wildman–Crippen LogP) is 6.20.